The summed E-state index contributed by atoms with van der Waals surface area (Å²) >= 11 is 10.2. The summed E-state index contributed by atoms with van der Waals surface area (Å²) in [6, 6.07) is 4.06. The van der Waals surface area contributed by atoms with Gasteiger partial charge < -0.3 is 9.47 Å². The van der Waals surface area contributed by atoms with Crippen LogP contribution in [0, 0.1) is 11.8 Å². The Morgan fingerprint density at radius 3 is 2.65 bits per heavy atom. The van der Waals surface area contributed by atoms with Crippen LogP contribution in [0.3, 0.4) is 0 Å². The van der Waals surface area contributed by atoms with Crippen LogP contribution < -0.4 is 4.74 Å². The summed E-state index contributed by atoms with van der Waals surface area (Å²) < 4.78 is 11.8. The summed E-state index contributed by atoms with van der Waals surface area (Å²) in [6.07, 6.45) is 1.48. The summed E-state index contributed by atoms with van der Waals surface area (Å²) in [4.78, 5) is 0.211. The number of hydrogen-bond acceptors (Lipinski definition) is 2. The lowest BCUT2D eigenvalue weighted by Crippen LogP contribution is -2.22. The Bertz CT molecular complexity index is 519. The number of ether oxygens (including phenoxy) is 2. The van der Waals surface area contributed by atoms with Gasteiger partial charge in [0.15, 0.2) is 0 Å². The van der Waals surface area contributed by atoms with Gasteiger partial charge in [0.05, 0.1) is 18.8 Å². The molecule has 0 aromatic heterocycles. The zero-order chi connectivity index (χ0) is 14.4. The van der Waals surface area contributed by atoms with Gasteiger partial charge in [-0.1, -0.05) is 34.5 Å². The van der Waals surface area contributed by atoms with E-state index in [2.05, 4.69) is 36.7 Å². The first-order chi connectivity index (χ1) is 9.49. The molecule has 0 amide bonds. The maximum atomic E-state index is 6.27. The highest BCUT2D eigenvalue weighted by molar-refractivity contribution is 9.09. The van der Waals surface area contributed by atoms with E-state index in [1.54, 1.807) is 0 Å². The van der Waals surface area contributed by atoms with Crippen molar-refractivity contribution in [2.45, 2.75) is 44.2 Å². The van der Waals surface area contributed by atoms with Crippen molar-refractivity contribution < 1.29 is 9.47 Å². The second kappa shape index (κ2) is 5.51. The predicted molar refractivity (Wildman–Crippen MR) is 85.0 cm³/mol. The Balaban J connectivity index is 1.97. The highest BCUT2D eigenvalue weighted by atomic mass is 79.9. The maximum Gasteiger partial charge on any atom is 0.127 e. The molecule has 2 nitrogen and oxygen atoms in total. The van der Waals surface area contributed by atoms with E-state index < -0.39 is 0 Å². The Labute approximate surface area is 133 Å². The van der Waals surface area contributed by atoms with E-state index in [4.69, 9.17) is 21.1 Å². The van der Waals surface area contributed by atoms with Crippen molar-refractivity contribution in [2.24, 2.45) is 11.8 Å². The molecule has 110 valence electrons. The van der Waals surface area contributed by atoms with Crippen LogP contribution in [0.1, 0.15) is 36.7 Å². The molecule has 0 bridgehead atoms. The molecule has 0 spiro atoms. The first-order valence-electron chi connectivity index (χ1n) is 7.23. The van der Waals surface area contributed by atoms with Crippen LogP contribution >= 0.6 is 27.5 Å². The molecular weight excluding hydrogens is 340 g/mol. The molecule has 1 saturated heterocycles. The van der Waals surface area contributed by atoms with E-state index in [1.807, 2.05) is 12.1 Å². The van der Waals surface area contributed by atoms with E-state index in [9.17, 15) is 0 Å². The predicted octanol–water partition coefficient (Wildman–Crippen LogP) is 4.77. The van der Waals surface area contributed by atoms with Crippen LogP contribution in [0.2, 0.25) is 5.02 Å². The molecule has 0 saturated carbocycles. The second-order valence-corrected chi connectivity index (χ2v) is 7.39. The molecule has 0 N–H and O–H groups in total. The molecule has 1 fully saturated rings. The lowest BCUT2D eigenvalue weighted by molar-refractivity contribution is 0.0510. The Morgan fingerprint density at radius 2 is 2.00 bits per heavy atom. The van der Waals surface area contributed by atoms with Crippen molar-refractivity contribution >= 4 is 27.5 Å². The molecule has 20 heavy (non-hydrogen) atoms. The van der Waals surface area contributed by atoms with Gasteiger partial charge in [-0.3, -0.25) is 0 Å². The van der Waals surface area contributed by atoms with E-state index >= 15 is 0 Å². The van der Waals surface area contributed by atoms with E-state index in [-0.39, 0.29) is 10.9 Å². The minimum absolute atomic E-state index is 0.211. The minimum Gasteiger partial charge on any atom is -0.493 e. The zero-order valence-corrected chi connectivity index (χ0v) is 14.4. The Hall–Kier alpha value is -0.250. The molecule has 0 radical (unpaired) electrons. The van der Waals surface area contributed by atoms with Gasteiger partial charge in [0.1, 0.15) is 5.75 Å². The third-order valence-electron chi connectivity index (χ3n) is 4.73. The normalized spacial score (nSPS) is 33.9. The number of benzene rings is 1. The first kappa shape index (κ1) is 14.7. The van der Waals surface area contributed by atoms with Gasteiger partial charge in [-0.2, -0.15) is 0 Å². The van der Waals surface area contributed by atoms with E-state index in [0.29, 0.717) is 17.9 Å². The smallest absolute Gasteiger partial charge is 0.127 e. The van der Waals surface area contributed by atoms with Crippen molar-refractivity contribution in [2.75, 3.05) is 6.61 Å². The maximum absolute atomic E-state index is 6.27. The van der Waals surface area contributed by atoms with Gasteiger partial charge in [0.2, 0.25) is 0 Å². The fourth-order valence-electron chi connectivity index (χ4n) is 3.51. The largest absolute Gasteiger partial charge is 0.493 e. The molecule has 5 unspecified atom stereocenters. The number of rotatable bonds is 2. The van der Waals surface area contributed by atoms with E-state index in [1.165, 1.54) is 11.1 Å². The van der Waals surface area contributed by atoms with Crippen molar-refractivity contribution in [3.05, 3.63) is 28.3 Å². The van der Waals surface area contributed by atoms with Gasteiger partial charge in [-0.05, 0) is 37.5 Å². The summed E-state index contributed by atoms with van der Waals surface area (Å²) in [5, 5.41) is 0.793. The minimum atomic E-state index is 0.211. The van der Waals surface area contributed by atoms with Crippen molar-refractivity contribution in [1.82, 2.24) is 0 Å². The van der Waals surface area contributed by atoms with Crippen LogP contribution in [0.15, 0.2) is 12.1 Å². The SMILES string of the molecule is CC1OC(C)C(C(Br)c2cc(Cl)cc3c2OCC3)C1C. The fraction of sp³-hybridized carbons (Fsp3) is 0.625. The standard InChI is InChI=1S/C16H20BrClO2/c1-8-9(2)20-10(3)14(8)15(17)13-7-12(18)6-11-4-5-19-16(11)13/h6-10,14-15H,4-5H2,1-3H3. The molecule has 4 heteroatoms. The highest BCUT2D eigenvalue weighted by Gasteiger charge is 2.42. The third-order valence-corrected chi connectivity index (χ3v) is 6.05. The van der Waals surface area contributed by atoms with E-state index in [0.717, 1.165) is 23.8 Å². The van der Waals surface area contributed by atoms with Crippen LogP contribution in [-0.2, 0) is 11.2 Å². The average Bonchev–Trinajstić information content (AvgIpc) is 2.93. The summed E-state index contributed by atoms with van der Waals surface area (Å²) in [7, 11) is 0. The van der Waals surface area contributed by atoms with Crippen LogP contribution in [0.25, 0.3) is 0 Å². The molecular formula is C16H20BrClO2. The molecule has 0 aliphatic carbocycles. The summed E-state index contributed by atoms with van der Waals surface area (Å²) in [5.41, 5.74) is 2.40. The monoisotopic (exact) mass is 358 g/mol. The summed E-state index contributed by atoms with van der Waals surface area (Å²) in [5.74, 6) is 1.96. The van der Waals surface area contributed by atoms with Gasteiger partial charge in [0.25, 0.3) is 0 Å². The van der Waals surface area contributed by atoms with Crippen molar-refractivity contribution in [3.63, 3.8) is 0 Å². The number of fused-ring (bicyclic) bond motifs is 1. The number of halogens is 2. The summed E-state index contributed by atoms with van der Waals surface area (Å²) in [6.45, 7) is 7.33. The van der Waals surface area contributed by atoms with Gasteiger partial charge >= 0.3 is 0 Å². The molecule has 5 atom stereocenters. The lowest BCUT2D eigenvalue weighted by atomic mass is 9.84. The molecule has 2 aliphatic heterocycles. The van der Waals surface area contributed by atoms with Gasteiger partial charge in [-0.15, -0.1) is 0 Å². The molecule has 1 aromatic rings. The molecule has 3 rings (SSSR count). The first-order valence-corrected chi connectivity index (χ1v) is 8.53. The average molecular weight is 360 g/mol. The highest BCUT2D eigenvalue weighted by Crippen LogP contribution is 2.49. The number of hydrogen-bond donors (Lipinski definition) is 0. The molecule has 2 aliphatic rings. The zero-order valence-electron chi connectivity index (χ0n) is 12.0. The molecule has 2 heterocycles. The van der Waals surface area contributed by atoms with Crippen LogP contribution in [0.5, 0.6) is 5.75 Å². The van der Waals surface area contributed by atoms with Crippen LogP contribution in [0.4, 0.5) is 0 Å². The quantitative estimate of drug-likeness (QED) is 0.708. The fourth-order valence-corrected chi connectivity index (χ4v) is 5.01. The Kier molecular flexibility index (Phi) is 4.04. The number of alkyl halides is 1. The Morgan fingerprint density at radius 1 is 1.25 bits per heavy atom. The molecule has 1 aromatic carbocycles. The van der Waals surface area contributed by atoms with Gasteiger partial charge in [-0.25, -0.2) is 0 Å². The second-order valence-electron chi connectivity index (χ2n) is 5.97. The lowest BCUT2D eigenvalue weighted by Gasteiger charge is -2.26. The van der Waals surface area contributed by atoms with Crippen molar-refractivity contribution in [1.29, 1.82) is 0 Å². The van der Waals surface area contributed by atoms with Crippen LogP contribution in [-0.4, -0.2) is 18.8 Å². The third kappa shape index (κ3) is 2.38. The van der Waals surface area contributed by atoms with Gasteiger partial charge in [0, 0.05) is 27.8 Å². The van der Waals surface area contributed by atoms with Crippen molar-refractivity contribution in [3.8, 4) is 5.75 Å². The topological polar surface area (TPSA) is 18.5 Å².